The summed E-state index contributed by atoms with van der Waals surface area (Å²) >= 11 is 0. The van der Waals surface area contributed by atoms with Crippen molar-refractivity contribution in [3.8, 4) is 0 Å². The molecule has 0 saturated carbocycles. The Morgan fingerprint density at radius 3 is 2.90 bits per heavy atom. The molecule has 0 radical (unpaired) electrons. The van der Waals surface area contributed by atoms with Gasteiger partial charge in [-0.3, -0.25) is 13.6 Å². The summed E-state index contributed by atoms with van der Waals surface area (Å²) in [6, 6.07) is 7.85. The summed E-state index contributed by atoms with van der Waals surface area (Å²) in [6.45, 7) is 2.38. The molecule has 5 heteroatoms. The van der Waals surface area contributed by atoms with E-state index in [0.29, 0.717) is 16.7 Å². The number of nitrogens with zero attached hydrogens (tertiary/aromatic N) is 1. The van der Waals surface area contributed by atoms with Crippen molar-refractivity contribution in [2.75, 3.05) is 19.3 Å². The highest BCUT2D eigenvalue weighted by Gasteiger charge is 2.32. The lowest BCUT2D eigenvalue weighted by Crippen LogP contribution is -2.25. The maximum absolute atomic E-state index is 12.4. The molecule has 2 heterocycles. The van der Waals surface area contributed by atoms with Crippen LogP contribution in [0, 0.1) is 0 Å². The van der Waals surface area contributed by atoms with Crippen LogP contribution in [-0.2, 0) is 10.8 Å². The van der Waals surface area contributed by atoms with Crippen LogP contribution in [0.5, 0.6) is 0 Å². The Morgan fingerprint density at radius 1 is 1.45 bits per heavy atom. The number of aromatic nitrogens is 1. The van der Waals surface area contributed by atoms with E-state index in [0.717, 1.165) is 29.4 Å². The molecule has 106 valence electrons. The quantitative estimate of drug-likeness (QED) is 0.921. The number of hydrogen-bond donors (Lipinski definition) is 1. The van der Waals surface area contributed by atoms with Gasteiger partial charge < -0.3 is 5.32 Å². The molecule has 1 N–H and O–H groups in total. The number of carbonyl (C=O) groups is 1. The number of benzene rings is 1. The van der Waals surface area contributed by atoms with Gasteiger partial charge in [-0.1, -0.05) is 18.2 Å². The van der Waals surface area contributed by atoms with Crippen LogP contribution in [-0.4, -0.2) is 34.0 Å². The van der Waals surface area contributed by atoms with Gasteiger partial charge in [-0.15, -0.1) is 0 Å². The fraction of sp³-hybridized carbons (Fsp3) is 0.400. The highest BCUT2D eigenvalue weighted by Crippen LogP contribution is 2.39. The third-order valence-electron chi connectivity index (χ3n) is 3.91. The SMILES string of the molecule is CNCC1CCS(=O)c2c1c1ccccc1n2C(C)=O. The van der Waals surface area contributed by atoms with E-state index in [1.54, 1.807) is 4.57 Å². The zero-order valence-electron chi connectivity index (χ0n) is 11.7. The van der Waals surface area contributed by atoms with Crippen LogP contribution in [0.25, 0.3) is 10.9 Å². The van der Waals surface area contributed by atoms with E-state index in [1.807, 2.05) is 31.3 Å². The van der Waals surface area contributed by atoms with Gasteiger partial charge in [-0.25, -0.2) is 0 Å². The van der Waals surface area contributed by atoms with Crippen LogP contribution in [0.1, 0.15) is 29.6 Å². The van der Waals surface area contributed by atoms with Crippen LogP contribution in [0.3, 0.4) is 0 Å². The van der Waals surface area contributed by atoms with Crippen molar-refractivity contribution in [3.05, 3.63) is 29.8 Å². The molecule has 2 aromatic rings. The number of likely N-dealkylation sites (N-methyl/N-ethyl adjacent to an activating group) is 1. The summed E-state index contributed by atoms with van der Waals surface area (Å²) in [5.74, 6) is 0.877. The van der Waals surface area contributed by atoms with Gasteiger partial charge in [-0.2, -0.15) is 0 Å². The van der Waals surface area contributed by atoms with Crippen molar-refractivity contribution in [2.24, 2.45) is 0 Å². The Hall–Kier alpha value is -1.46. The smallest absolute Gasteiger partial charge is 0.228 e. The number of hydrogen-bond acceptors (Lipinski definition) is 3. The largest absolute Gasteiger partial charge is 0.319 e. The van der Waals surface area contributed by atoms with Gasteiger partial charge in [0, 0.05) is 30.5 Å². The number of nitrogens with one attached hydrogen (secondary N) is 1. The lowest BCUT2D eigenvalue weighted by Gasteiger charge is -2.23. The molecule has 0 bridgehead atoms. The molecule has 0 amide bonds. The van der Waals surface area contributed by atoms with E-state index < -0.39 is 10.8 Å². The standard InChI is InChI=1S/C15H18N2O2S/c1-10(18)17-13-6-4-3-5-12(13)14-11(9-16-2)7-8-20(19)15(14)17/h3-6,11,16H,7-9H2,1-2H3. The fourth-order valence-electron chi connectivity index (χ4n) is 3.11. The maximum Gasteiger partial charge on any atom is 0.228 e. The zero-order chi connectivity index (χ0) is 14.3. The van der Waals surface area contributed by atoms with Crippen LogP contribution in [0.2, 0.25) is 0 Å². The molecule has 0 aliphatic carbocycles. The molecule has 2 unspecified atom stereocenters. The van der Waals surface area contributed by atoms with Crippen LogP contribution >= 0.6 is 0 Å². The topological polar surface area (TPSA) is 51.1 Å². The van der Waals surface area contributed by atoms with Gasteiger partial charge in [0.05, 0.1) is 16.3 Å². The van der Waals surface area contributed by atoms with E-state index in [-0.39, 0.29) is 5.91 Å². The van der Waals surface area contributed by atoms with Crippen LogP contribution in [0.4, 0.5) is 0 Å². The van der Waals surface area contributed by atoms with Gasteiger partial charge >= 0.3 is 0 Å². The summed E-state index contributed by atoms with van der Waals surface area (Å²) in [4.78, 5) is 12.0. The van der Waals surface area contributed by atoms with Crippen molar-refractivity contribution in [1.29, 1.82) is 0 Å². The number of para-hydroxylation sites is 1. The second kappa shape index (κ2) is 5.14. The van der Waals surface area contributed by atoms with E-state index in [2.05, 4.69) is 5.32 Å². The highest BCUT2D eigenvalue weighted by atomic mass is 32.2. The summed E-state index contributed by atoms with van der Waals surface area (Å²) < 4.78 is 14.1. The molecule has 1 aliphatic rings. The maximum atomic E-state index is 12.4. The zero-order valence-corrected chi connectivity index (χ0v) is 12.5. The Bertz CT molecular complexity index is 705. The molecule has 1 aliphatic heterocycles. The van der Waals surface area contributed by atoms with E-state index in [1.165, 1.54) is 6.92 Å². The van der Waals surface area contributed by atoms with Gasteiger partial charge in [0.15, 0.2) is 0 Å². The molecule has 4 nitrogen and oxygen atoms in total. The first-order valence-corrected chi connectivity index (χ1v) is 8.14. The minimum absolute atomic E-state index is 0.0686. The normalized spacial score (nSPS) is 21.9. The van der Waals surface area contributed by atoms with Crippen LogP contribution < -0.4 is 5.32 Å². The van der Waals surface area contributed by atoms with E-state index in [4.69, 9.17) is 0 Å². The van der Waals surface area contributed by atoms with Gasteiger partial charge in [0.1, 0.15) is 5.03 Å². The Labute approximate surface area is 120 Å². The second-order valence-electron chi connectivity index (χ2n) is 5.18. The minimum atomic E-state index is -1.09. The number of fused-ring (bicyclic) bond motifs is 3. The molecule has 1 aromatic carbocycles. The molecule has 1 aromatic heterocycles. The van der Waals surface area contributed by atoms with Crippen molar-refractivity contribution in [2.45, 2.75) is 24.3 Å². The van der Waals surface area contributed by atoms with Gasteiger partial charge in [-0.05, 0) is 25.1 Å². The first kappa shape index (κ1) is 13.5. The lowest BCUT2D eigenvalue weighted by atomic mass is 9.95. The number of rotatable bonds is 2. The predicted octanol–water partition coefficient (Wildman–Crippen LogP) is 2.12. The molecule has 20 heavy (non-hydrogen) atoms. The number of carbonyl (C=O) groups excluding carboxylic acids is 1. The first-order valence-electron chi connectivity index (χ1n) is 6.82. The Balaban J connectivity index is 2.37. The van der Waals surface area contributed by atoms with E-state index >= 15 is 0 Å². The van der Waals surface area contributed by atoms with Crippen molar-refractivity contribution in [1.82, 2.24) is 9.88 Å². The summed E-state index contributed by atoms with van der Waals surface area (Å²) in [5, 5.41) is 4.98. The molecular formula is C15H18N2O2S. The van der Waals surface area contributed by atoms with E-state index in [9.17, 15) is 9.00 Å². The molecule has 2 atom stereocenters. The summed E-state index contributed by atoms with van der Waals surface area (Å²) in [7, 11) is 0.836. The highest BCUT2D eigenvalue weighted by molar-refractivity contribution is 7.85. The fourth-order valence-corrected chi connectivity index (χ4v) is 4.76. The third-order valence-corrected chi connectivity index (χ3v) is 5.35. The second-order valence-corrected chi connectivity index (χ2v) is 6.67. The molecule has 0 fully saturated rings. The first-order chi connectivity index (χ1) is 9.65. The van der Waals surface area contributed by atoms with Crippen molar-refractivity contribution >= 4 is 27.6 Å². The average Bonchev–Trinajstić information content (AvgIpc) is 2.78. The Morgan fingerprint density at radius 2 is 2.20 bits per heavy atom. The average molecular weight is 290 g/mol. The Kier molecular flexibility index (Phi) is 3.48. The van der Waals surface area contributed by atoms with Gasteiger partial charge in [0.2, 0.25) is 5.91 Å². The minimum Gasteiger partial charge on any atom is -0.319 e. The summed E-state index contributed by atoms with van der Waals surface area (Å²) in [5.41, 5.74) is 1.97. The lowest BCUT2D eigenvalue weighted by molar-refractivity contribution is 0.0932. The molecule has 0 saturated heterocycles. The third kappa shape index (κ3) is 1.93. The van der Waals surface area contributed by atoms with Crippen molar-refractivity contribution in [3.63, 3.8) is 0 Å². The van der Waals surface area contributed by atoms with Crippen molar-refractivity contribution < 1.29 is 9.00 Å². The molecular weight excluding hydrogens is 272 g/mol. The summed E-state index contributed by atoms with van der Waals surface area (Å²) in [6.07, 6.45) is 0.895. The molecule has 3 rings (SSSR count). The molecule has 0 spiro atoms. The monoisotopic (exact) mass is 290 g/mol. The van der Waals surface area contributed by atoms with Crippen LogP contribution in [0.15, 0.2) is 29.3 Å². The van der Waals surface area contributed by atoms with Gasteiger partial charge in [0.25, 0.3) is 0 Å². The predicted molar refractivity (Wildman–Crippen MR) is 80.8 cm³/mol.